The van der Waals surface area contributed by atoms with Crippen LogP contribution in [-0.4, -0.2) is 102 Å². The van der Waals surface area contributed by atoms with Gasteiger partial charge in [0.15, 0.2) is 5.82 Å². The summed E-state index contributed by atoms with van der Waals surface area (Å²) in [5.41, 5.74) is 5.08. The Kier molecular flexibility index (Phi) is 12.1. The molecule has 2 aromatic heterocycles. The minimum atomic E-state index is -3.72. The van der Waals surface area contributed by atoms with Gasteiger partial charge in [0, 0.05) is 98.8 Å². The lowest BCUT2D eigenvalue weighted by molar-refractivity contribution is -0.134. The number of hydrogen-bond donors (Lipinski definition) is 2. The third kappa shape index (κ3) is 9.11. The van der Waals surface area contributed by atoms with E-state index in [1.807, 2.05) is 29.2 Å². The lowest BCUT2D eigenvalue weighted by atomic mass is 9.90. The molecule has 3 saturated heterocycles. The lowest BCUT2D eigenvalue weighted by Crippen LogP contribution is -2.50. The van der Waals surface area contributed by atoms with Crippen molar-refractivity contribution >= 4 is 39.1 Å². The third-order valence-corrected chi connectivity index (χ3v) is 13.2. The topological polar surface area (TPSA) is 150 Å². The summed E-state index contributed by atoms with van der Waals surface area (Å²) >= 11 is 0. The molecule has 0 aliphatic carbocycles. The van der Waals surface area contributed by atoms with Crippen molar-refractivity contribution < 1.29 is 27.2 Å². The number of aromatic nitrogens is 3. The van der Waals surface area contributed by atoms with Gasteiger partial charge in [-0.25, -0.2) is 17.5 Å². The Bertz CT molecular complexity index is 2450. The Balaban J connectivity index is 0.865. The highest BCUT2D eigenvalue weighted by Crippen LogP contribution is 2.36. The number of sulfonamides is 1. The first kappa shape index (κ1) is 40.8. The van der Waals surface area contributed by atoms with Crippen LogP contribution < -0.4 is 14.9 Å². The Morgan fingerprint density at radius 2 is 1.55 bits per heavy atom. The highest BCUT2D eigenvalue weighted by atomic mass is 32.2. The van der Waals surface area contributed by atoms with E-state index in [0.717, 1.165) is 56.8 Å². The number of piperazine rings is 1. The van der Waals surface area contributed by atoms with Gasteiger partial charge in [-0.2, -0.15) is 5.10 Å². The van der Waals surface area contributed by atoms with Crippen molar-refractivity contribution in [3.05, 3.63) is 114 Å². The summed E-state index contributed by atoms with van der Waals surface area (Å²) in [6.45, 7) is 7.62. The minimum absolute atomic E-state index is 0.0267. The van der Waals surface area contributed by atoms with Gasteiger partial charge in [-0.1, -0.05) is 31.2 Å². The molecule has 3 fully saturated rings. The predicted molar refractivity (Wildman–Crippen MR) is 229 cm³/mol. The molecule has 2 N–H and O–H groups in total. The number of rotatable bonds is 12. The van der Waals surface area contributed by atoms with Crippen LogP contribution in [0.3, 0.4) is 0 Å². The Hall–Kier alpha value is -5.93. The second-order valence-electron chi connectivity index (χ2n) is 15.8. The number of halogens is 1. The summed E-state index contributed by atoms with van der Waals surface area (Å²) in [5, 5.41) is 7.27. The number of benzene rings is 3. The van der Waals surface area contributed by atoms with E-state index < -0.39 is 15.8 Å². The summed E-state index contributed by atoms with van der Waals surface area (Å²) < 4.78 is 45.0. The fourth-order valence-corrected chi connectivity index (χ4v) is 9.61. The van der Waals surface area contributed by atoms with E-state index in [1.54, 1.807) is 66.6 Å². The van der Waals surface area contributed by atoms with E-state index in [1.165, 1.54) is 6.07 Å². The number of carbonyl (C=O) groups is 3. The van der Waals surface area contributed by atoms with Gasteiger partial charge < -0.3 is 9.80 Å². The summed E-state index contributed by atoms with van der Waals surface area (Å²) in [6.07, 6.45) is 8.46. The molecule has 0 unspecified atom stereocenters. The molecule has 0 bridgehead atoms. The number of anilines is 2. The number of piperidine rings is 2. The predicted octanol–water partition coefficient (Wildman–Crippen LogP) is 6.09. The second kappa shape index (κ2) is 17.7. The fraction of sp³-hybridized carbons (Fsp3) is 0.356. The molecule has 3 amide bonds. The van der Waals surface area contributed by atoms with Gasteiger partial charge in [0.2, 0.25) is 21.8 Å². The summed E-state index contributed by atoms with van der Waals surface area (Å²) in [4.78, 5) is 48.4. The molecule has 8 rings (SSSR count). The monoisotopic (exact) mass is 832 g/mol. The molecule has 13 nitrogen and oxygen atoms in total. The van der Waals surface area contributed by atoms with Gasteiger partial charge in [-0.05, 0) is 91.8 Å². The van der Waals surface area contributed by atoms with E-state index in [2.05, 4.69) is 37.0 Å². The van der Waals surface area contributed by atoms with Crippen molar-refractivity contribution in [2.24, 2.45) is 5.92 Å². The first-order chi connectivity index (χ1) is 29.0. The van der Waals surface area contributed by atoms with Gasteiger partial charge in [0.1, 0.15) is 5.69 Å². The van der Waals surface area contributed by atoms with Crippen molar-refractivity contribution in [2.75, 3.05) is 61.2 Å². The summed E-state index contributed by atoms with van der Waals surface area (Å²) in [7, 11) is -3.72. The largest absolute Gasteiger partial charge is 0.372 e. The molecule has 3 aliphatic heterocycles. The number of amides is 3. The standard InChI is InChI=1S/C45H49FN8O5S/c1-2-28-60(58,59)50-40-5-3-4-38(42(40)46)39-30-54(49-43(39)33-16-20-47-21-17-33)36-12-8-34(9-13-36)45(57)53-26-24-51(25-27-53)29-31-18-22-52(23-19-31)35-10-6-32(7-11-35)37-14-15-41(55)48-44(37)56/h3-13,16-17,20-21,30-31,37,50H,2,14-15,18-19,22-29H2,1H3,(H,48,55,56)/t37-/m0/s1. The number of carbonyl (C=O) groups excluding carboxylic acids is 3. The SMILES string of the molecule is CCCS(=O)(=O)Nc1cccc(-c2cn(-c3ccc(C(=O)N4CCN(CC5CCN(c6ccc([C@@H]7CCC(=O)NC7=O)cc6)CC5)CC4)cc3)nc2-c2ccncc2)c1F. The van der Waals surface area contributed by atoms with Crippen LogP contribution >= 0.6 is 0 Å². The Morgan fingerprint density at radius 3 is 2.23 bits per heavy atom. The number of hydrogen-bond acceptors (Lipinski definition) is 9. The zero-order valence-corrected chi connectivity index (χ0v) is 34.4. The van der Waals surface area contributed by atoms with Gasteiger partial charge >= 0.3 is 0 Å². The zero-order valence-electron chi connectivity index (χ0n) is 33.6. The van der Waals surface area contributed by atoms with Gasteiger partial charge in [-0.15, -0.1) is 0 Å². The zero-order chi connectivity index (χ0) is 41.8. The first-order valence-electron chi connectivity index (χ1n) is 20.7. The van der Waals surface area contributed by atoms with E-state index in [4.69, 9.17) is 5.10 Å². The summed E-state index contributed by atoms with van der Waals surface area (Å²) in [5.74, 6) is -0.953. The normalized spacial score (nSPS) is 18.1. The molecular weight excluding hydrogens is 784 g/mol. The Labute approximate surface area is 349 Å². The highest BCUT2D eigenvalue weighted by molar-refractivity contribution is 7.92. The Morgan fingerprint density at radius 1 is 0.850 bits per heavy atom. The van der Waals surface area contributed by atoms with E-state index in [9.17, 15) is 22.8 Å². The molecule has 0 radical (unpaired) electrons. The lowest BCUT2D eigenvalue weighted by Gasteiger charge is -2.39. The molecule has 3 aliphatic rings. The van der Waals surface area contributed by atoms with Gasteiger partial charge in [-0.3, -0.25) is 34.3 Å². The molecular formula is C45H49FN8O5S. The molecule has 15 heteroatoms. The van der Waals surface area contributed by atoms with Crippen LogP contribution in [0.2, 0.25) is 0 Å². The van der Waals surface area contributed by atoms with Crippen LogP contribution in [0.1, 0.15) is 60.9 Å². The van der Waals surface area contributed by atoms with Crippen LogP contribution in [0.25, 0.3) is 28.1 Å². The minimum Gasteiger partial charge on any atom is -0.372 e. The number of imide groups is 1. The van der Waals surface area contributed by atoms with Crippen LogP contribution in [0.5, 0.6) is 0 Å². The van der Waals surface area contributed by atoms with Crippen molar-refractivity contribution in [2.45, 2.75) is 44.9 Å². The van der Waals surface area contributed by atoms with Crippen LogP contribution in [0.15, 0.2) is 97.5 Å². The number of pyridine rings is 1. The van der Waals surface area contributed by atoms with Crippen molar-refractivity contribution in [1.29, 1.82) is 0 Å². The maximum atomic E-state index is 16.0. The van der Waals surface area contributed by atoms with Crippen LogP contribution in [0.4, 0.5) is 15.8 Å². The third-order valence-electron chi connectivity index (χ3n) is 11.8. The quantitative estimate of drug-likeness (QED) is 0.143. The van der Waals surface area contributed by atoms with E-state index in [-0.39, 0.29) is 40.6 Å². The molecule has 60 heavy (non-hydrogen) atoms. The highest BCUT2D eigenvalue weighted by Gasteiger charge is 2.29. The molecule has 0 saturated carbocycles. The number of nitrogens with one attached hydrogen (secondary N) is 2. The average molecular weight is 833 g/mol. The molecule has 5 aromatic rings. The number of nitrogens with zero attached hydrogens (tertiary/aromatic N) is 6. The van der Waals surface area contributed by atoms with Gasteiger partial charge in [0.25, 0.3) is 5.91 Å². The smallest absolute Gasteiger partial charge is 0.253 e. The molecule has 312 valence electrons. The first-order valence-corrected chi connectivity index (χ1v) is 22.3. The van der Waals surface area contributed by atoms with Crippen molar-refractivity contribution in [3.8, 4) is 28.1 Å². The van der Waals surface area contributed by atoms with E-state index in [0.29, 0.717) is 66.3 Å². The molecule has 1 atom stereocenters. The summed E-state index contributed by atoms with van der Waals surface area (Å²) in [6, 6.07) is 23.6. The molecule has 3 aromatic carbocycles. The van der Waals surface area contributed by atoms with Gasteiger partial charge in [0.05, 0.1) is 23.0 Å². The average Bonchev–Trinajstić information content (AvgIpc) is 3.71. The molecule has 5 heterocycles. The maximum Gasteiger partial charge on any atom is 0.253 e. The van der Waals surface area contributed by atoms with E-state index >= 15 is 4.39 Å². The molecule has 0 spiro atoms. The van der Waals surface area contributed by atoms with Crippen LogP contribution in [-0.2, 0) is 19.6 Å². The maximum absolute atomic E-state index is 16.0. The van der Waals surface area contributed by atoms with Crippen molar-refractivity contribution in [3.63, 3.8) is 0 Å². The second-order valence-corrected chi connectivity index (χ2v) is 17.7. The fourth-order valence-electron chi connectivity index (χ4n) is 8.47. The van der Waals surface area contributed by atoms with Crippen LogP contribution in [0, 0.1) is 11.7 Å². The van der Waals surface area contributed by atoms with Crippen molar-refractivity contribution in [1.82, 2.24) is 29.9 Å².